The van der Waals surface area contributed by atoms with E-state index in [0.29, 0.717) is 12.1 Å². The largest absolute Gasteiger partial charge is 0.615 e. The van der Waals surface area contributed by atoms with Crippen LogP contribution in [0.25, 0.3) is 0 Å². The molecule has 1 aliphatic rings. The molecule has 0 radical (unpaired) electrons. The van der Waals surface area contributed by atoms with Gasteiger partial charge in [-0.3, -0.25) is 19.1 Å². The molecule has 17 heteroatoms. The molecule has 3 atom stereocenters. The fourth-order valence-electron chi connectivity index (χ4n) is 3.55. The number of halogens is 6. The van der Waals surface area contributed by atoms with Crippen LogP contribution in [0.4, 0.5) is 26.3 Å². The van der Waals surface area contributed by atoms with Crippen molar-refractivity contribution in [2.75, 3.05) is 33.8 Å². The van der Waals surface area contributed by atoms with Crippen molar-refractivity contribution in [2.24, 2.45) is 0 Å². The number of morpholine rings is 1. The molecule has 3 rings (SSSR count). The van der Waals surface area contributed by atoms with Crippen molar-refractivity contribution < 1.29 is 45.0 Å². The van der Waals surface area contributed by atoms with Gasteiger partial charge in [-0.15, -0.1) is 4.52 Å². The van der Waals surface area contributed by atoms with Crippen LogP contribution in [0.5, 0.6) is 0 Å². The molecule has 1 saturated heterocycles. The van der Waals surface area contributed by atoms with Gasteiger partial charge in [-0.1, -0.05) is 4.67 Å². The van der Waals surface area contributed by atoms with E-state index in [1.807, 2.05) is 4.98 Å². The highest BCUT2D eigenvalue weighted by Crippen LogP contribution is 2.37. The minimum Gasteiger partial charge on any atom is -0.348 e. The number of aromatic amines is 1. The average molecular weight is 571 g/mol. The molecule has 2 heterocycles. The third kappa shape index (κ3) is 6.87. The van der Waals surface area contributed by atoms with E-state index in [-0.39, 0.29) is 18.2 Å². The van der Waals surface area contributed by atoms with Gasteiger partial charge in [-0.05, 0) is 29.7 Å². The van der Waals surface area contributed by atoms with Gasteiger partial charge < -0.3 is 9.64 Å². The molecule has 2 unspecified atom stereocenters. The molecule has 1 fully saturated rings. The Kier molecular flexibility index (Phi) is 8.51. The van der Waals surface area contributed by atoms with Gasteiger partial charge in [0.2, 0.25) is 0 Å². The summed E-state index contributed by atoms with van der Waals surface area (Å²) in [6, 6.07) is 0.496. The van der Waals surface area contributed by atoms with Crippen LogP contribution in [0.1, 0.15) is 33.3 Å². The number of nitrogens with one attached hydrogen (secondary N) is 1. The number of rotatable bonds is 6. The summed E-state index contributed by atoms with van der Waals surface area (Å²) in [7, 11) is 0.581. The third-order valence-electron chi connectivity index (χ3n) is 5.43. The first-order valence-corrected chi connectivity index (χ1v) is 11.9. The van der Waals surface area contributed by atoms with Crippen LogP contribution in [0, 0.1) is 6.92 Å². The van der Waals surface area contributed by atoms with Gasteiger partial charge in [0.15, 0.2) is 6.23 Å². The van der Waals surface area contributed by atoms with E-state index in [4.69, 9.17) is 9.26 Å². The summed E-state index contributed by atoms with van der Waals surface area (Å²) in [5, 5.41) is 0. The quantitative estimate of drug-likeness (QED) is 0.419. The molecular formula is C21H22F6N4O6P+. The molecule has 1 aromatic carbocycles. The first-order valence-electron chi connectivity index (χ1n) is 10.8. The van der Waals surface area contributed by atoms with Crippen molar-refractivity contribution in [2.45, 2.75) is 31.6 Å². The van der Waals surface area contributed by atoms with Crippen molar-refractivity contribution in [3.8, 4) is 0 Å². The molecule has 0 spiro atoms. The number of hydrogen-bond donors (Lipinski definition) is 1. The summed E-state index contributed by atoms with van der Waals surface area (Å²) in [5.41, 5.74) is -5.77. The van der Waals surface area contributed by atoms with Crippen LogP contribution >= 0.6 is 8.18 Å². The number of alkyl halides is 6. The molecule has 1 N–H and O–H groups in total. The van der Waals surface area contributed by atoms with Crippen LogP contribution in [0.3, 0.4) is 0 Å². The second-order valence-electron chi connectivity index (χ2n) is 8.58. The van der Waals surface area contributed by atoms with Gasteiger partial charge in [0.1, 0.15) is 12.7 Å². The van der Waals surface area contributed by atoms with E-state index in [1.54, 1.807) is 0 Å². The van der Waals surface area contributed by atoms with Gasteiger partial charge in [0, 0.05) is 38.0 Å². The number of hydrogen-bond acceptors (Lipinski definition) is 6. The first-order chi connectivity index (χ1) is 17.5. The van der Waals surface area contributed by atoms with Crippen molar-refractivity contribution >= 4 is 14.1 Å². The Balaban J connectivity index is 2.02. The number of nitrogens with zero attached hydrogens (tertiary/aromatic N) is 3. The number of H-pyrrole nitrogens is 1. The number of amides is 1. The molecule has 0 aliphatic carbocycles. The smallest absolute Gasteiger partial charge is 0.348 e. The topological polar surface area (TPSA) is 114 Å². The molecule has 0 saturated carbocycles. The summed E-state index contributed by atoms with van der Waals surface area (Å²) in [4.78, 5) is 40.3. The minimum absolute atomic E-state index is 0.0906. The highest BCUT2D eigenvalue weighted by Gasteiger charge is 2.40. The molecule has 0 bridgehead atoms. The third-order valence-corrected chi connectivity index (χ3v) is 6.45. The number of ether oxygens (including phenoxy) is 1. The zero-order chi connectivity index (χ0) is 28.6. The van der Waals surface area contributed by atoms with Crippen LogP contribution < -0.4 is 11.2 Å². The van der Waals surface area contributed by atoms with E-state index < -0.39 is 79.9 Å². The van der Waals surface area contributed by atoms with Crippen molar-refractivity contribution in [3.05, 3.63) is 67.5 Å². The number of aromatic nitrogens is 2. The lowest BCUT2D eigenvalue weighted by atomic mass is 10.0. The molecule has 1 amide bonds. The predicted molar refractivity (Wildman–Crippen MR) is 120 cm³/mol. The summed E-state index contributed by atoms with van der Waals surface area (Å²) >= 11 is 0. The summed E-state index contributed by atoms with van der Waals surface area (Å²) in [6.07, 6.45) is -11.6. The van der Waals surface area contributed by atoms with E-state index >= 15 is 0 Å². The van der Waals surface area contributed by atoms with Crippen LogP contribution in [-0.2, 0) is 26.2 Å². The Morgan fingerprint density at radius 2 is 1.68 bits per heavy atom. The Bertz CT molecular complexity index is 1310. The fourth-order valence-corrected chi connectivity index (χ4v) is 4.08. The summed E-state index contributed by atoms with van der Waals surface area (Å²) in [6.45, 7) is 0.129. The van der Waals surface area contributed by atoms with E-state index in [0.717, 1.165) is 15.7 Å². The second kappa shape index (κ2) is 11.0. The molecule has 2 aromatic rings. The lowest BCUT2D eigenvalue weighted by Gasteiger charge is -2.38. The zero-order valence-corrected chi connectivity index (χ0v) is 21.0. The highest BCUT2D eigenvalue weighted by molar-refractivity contribution is 7.36. The standard InChI is InChI=1S/C21H21F6N4O6P/c1-11-7-31(19(34)28-17(11)32)16-9-30(8-15(37-16)10-36-38(35)29(2)3)18(33)12-4-13(20(22,23)24)6-14(5-12)21(25,26)27/h4-7,15-16H,8-10H2,1-3H3/p+1/t15-,16?/m0/s1. The molecule has 1 aromatic heterocycles. The number of carbonyl (C=O) groups excluding carboxylic acids is 1. The van der Waals surface area contributed by atoms with Crippen LogP contribution in [0.2, 0.25) is 0 Å². The van der Waals surface area contributed by atoms with Gasteiger partial charge in [-0.25, -0.2) is 4.79 Å². The average Bonchev–Trinajstić information content (AvgIpc) is 2.82. The summed E-state index contributed by atoms with van der Waals surface area (Å²) < 4.78 is 105. The normalized spacial score (nSPS) is 19.1. The lowest BCUT2D eigenvalue weighted by Crippen LogP contribution is -2.51. The Morgan fingerprint density at radius 1 is 1.11 bits per heavy atom. The van der Waals surface area contributed by atoms with E-state index in [2.05, 4.69) is 0 Å². The number of aryl methyl sites for hydroxylation is 1. The SMILES string of the molecule is Cc1cn(C2CN(C(=O)c3cc(C(F)(F)F)cc(C(F)(F)F)c3)C[C@@H](CO[P+](=O)N(C)C)O2)c(=O)[nH]c1=O. The monoisotopic (exact) mass is 571 g/mol. The van der Waals surface area contributed by atoms with Gasteiger partial charge in [-0.2, -0.15) is 26.3 Å². The second-order valence-corrected chi connectivity index (χ2v) is 10.1. The van der Waals surface area contributed by atoms with Crippen molar-refractivity contribution in [1.29, 1.82) is 0 Å². The summed E-state index contributed by atoms with van der Waals surface area (Å²) in [5.74, 6) is -1.20. The minimum atomic E-state index is -5.17. The Labute approximate surface area is 211 Å². The maximum atomic E-state index is 13.3. The van der Waals surface area contributed by atoms with Crippen molar-refractivity contribution in [1.82, 2.24) is 19.1 Å². The van der Waals surface area contributed by atoms with Gasteiger partial charge in [0.05, 0.1) is 17.7 Å². The number of carbonyl (C=O) groups is 1. The maximum absolute atomic E-state index is 13.3. The van der Waals surface area contributed by atoms with Gasteiger partial charge in [0.25, 0.3) is 11.5 Å². The predicted octanol–water partition coefficient (Wildman–Crippen LogP) is 3.16. The highest BCUT2D eigenvalue weighted by atomic mass is 31.1. The number of benzene rings is 1. The molecule has 208 valence electrons. The van der Waals surface area contributed by atoms with E-state index in [1.165, 1.54) is 25.7 Å². The molecule has 1 aliphatic heterocycles. The van der Waals surface area contributed by atoms with E-state index in [9.17, 15) is 45.3 Å². The maximum Gasteiger partial charge on any atom is 0.615 e. The first kappa shape index (κ1) is 29.5. The fraction of sp³-hybridized carbons (Fsp3) is 0.476. The van der Waals surface area contributed by atoms with Crippen molar-refractivity contribution in [3.63, 3.8) is 0 Å². The van der Waals surface area contributed by atoms with Gasteiger partial charge >= 0.3 is 26.2 Å². The lowest BCUT2D eigenvalue weighted by molar-refractivity contribution is -0.143. The Morgan fingerprint density at radius 3 is 2.21 bits per heavy atom. The molecule has 38 heavy (non-hydrogen) atoms. The molecule has 10 nitrogen and oxygen atoms in total. The van der Waals surface area contributed by atoms with Crippen LogP contribution in [-0.4, -0.2) is 64.9 Å². The molecular weight excluding hydrogens is 549 g/mol. The zero-order valence-electron chi connectivity index (χ0n) is 20.1. The van der Waals surface area contributed by atoms with Crippen LogP contribution in [0.15, 0.2) is 34.0 Å². The Hall–Kier alpha value is -3.07.